The van der Waals surface area contributed by atoms with Gasteiger partial charge in [0.2, 0.25) is 17.3 Å². The van der Waals surface area contributed by atoms with E-state index in [4.69, 9.17) is 9.72 Å². The van der Waals surface area contributed by atoms with Gasteiger partial charge in [-0.15, -0.1) is 21.5 Å². The number of para-hydroxylation sites is 1. The SMILES string of the molecule is CCCCCCSc1nnc2c(n1)O[C@@H](c1sccc1C)Nc1ccccc1-2. The predicted molar refractivity (Wildman–Crippen MR) is 116 cm³/mol. The van der Waals surface area contributed by atoms with E-state index in [9.17, 15) is 0 Å². The predicted octanol–water partition coefficient (Wildman–Crippen LogP) is 6.08. The summed E-state index contributed by atoms with van der Waals surface area (Å²) in [5, 5.41) is 15.1. The third-order valence-corrected chi connectivity index (χ3v) is 6.69. The quantitative estimate of drug-likeness (QED) is 0.375. The van der Waals surface area contributed by atoms with Crippen LogP contribution in [0, 0.1) is 6.92 Å². The smallest absolute Gasteiger partial charge is 0.247 e. The van der Waals surface area contributed by atoms with E-state index >= 15 is 0 Å². The van der Waals surface area contributed by atoms with Crippen molar-refractivity contribution < 1.29 is 4.74 Å². The normalized spacial score (nSPS) is 15.1. The highest BCUT2D eigenvalue weighted by atomic mass is 32.2. The van der Waals surface area contributed by atoms with Gasteiger partial charge in [-0.05, 0) is 36.4 Å². The number of unbranched alkanes of at least 4 members (excludes halogenated alkanes) is 3. The summed E-state index contributed by atoms with van der Waals surface area (Å²) >= 11 is 3.33. The van der Waals surface area contributed by atoms with Gasteiger partial charge in [0.1, 0.15) is 0 Å². The van der Waals surface area contributed by atoms with Crippen molar-refractivity contribution in [3.05, 3.63) is 46.2 Å². The maximum Gasteiger partial charge on any atom is 0.247 e. The molecule has 1 aliphatic heterocycles. The molecule has 28 heavy (non-hydrogen) atoms. The van der Waals surface area contributed by atoms with Crippen LogP contribution in [0.1, 0.15) is 49.3 Å². The second-order valence-electron chi connectivity index (χ2n) is 6.81. The van der Waals surface area contributed by atoms with Crippen molar-refractivity contribution in [1.29, 1.82) is 0 Å². The fourth-order valence-corrected chi connectivity index (χ4v) is 4.85. The topological polar surface area (TPSA) is 59.9 Å². The Morgan fingerprint density at radius 2 is 2.04 bits per heavy atom. The molecule has 146 valence electrons. The molecule has 2 aromatic heterocycles. The third kappa shape index (κ3) is 4.15. The zero-order chi connectivity index (χ0) is 19.3. The standard InChI is InChI=1S/C21H24N4OS2/c1-3-4-5-8-12-28-21-23-19-17(24-25-21)15-9-6-7-10-16(15)22-20(26-19)18-14(2)11-13-27-18/h6-7,9-11,13,20,22H,3-5,8,12H2,1-2H3/t20-/m0/s1. The molecule has 3 aromatic rings. The minimum atomic E-state index is -0.290. The van der Waals surface area contributed by atoms with E-state index in [0.717, 1.165) is 21.9 Å². The van der Waals surface area contributed by atoms with Crippen molar-refractivity contribution in [2.75, 3.05) is 11.1 Å². The molecule has 0 bridgehead atoms. The van der Waals surface area contributed by atoms with E-state index in [-0.39, 0.29) is 6.23 Å². The van der Waals surface area contributed by atoms with Gasteiger partial charge < -0.3 is 10.1 Å². The van der Waals surface area contributed by atoms with Crippen LogP contribution in [0.3, 0.4) is 0 Å². The van der Waals surface area contributed by atoms with Crippen molar-refractivity contribution in [2.24, 2.45) is 0 Å². The van der Waals surface area contributed by atoms with Crippen LogP contribution in [-0.2, 0) is 0 Å². The van der Waals surface area contributed by atoms with E-state index in [1.807, 2.05) is 24.3 Å². The average Bonchev–Trinajstić information content (AvgIpc) is 3.06. The van der Waals surface area contributed by atoms with Gasteiger partial charge in [-0.2, -0.15) is 4.98 Å². The lowest BCUT2D eigenvalue weighted by Gasteiger charge is -2.18. The lowest BCUT2D eigenvalue weighted by atomic mass is 10.1. The largest absolute Gasteiger partial charge is 0.447 e. The van der Waals surface area contributed by atoms with Gasteiger partial charge in [-0.3, -0.25) is 0 Å². The second kappa shape index (κ2) is 8.92. The molecule has 0 saturated carbocycles. The number of thioether (sulfide) groups is 1. The summed E-state index contributed by atoms with van der Waals surface area (Å²) in [6.45, 7) is 4.33. The summed E-state index contributed by atoms with van der Waals surface area (Å²) in [5.74, 6) is 1.55. The average molecular weight is 413 g/mol. The fourth-order valence-electron chi connectivity index (χ4n) is 3.17. The molecule has 4 rings (SSSR count). The number of nitrogens with one attached hydrogen (secondary N) is 1. The molecule has 5 nitrogen and oxygen atoms in total. The monoisotopic (exact) mass is 412 g/mol. The molecular formula is C21H24N4OS2. The molecule has 1 N–H and O–H groups in total. The molecule has 1 aromatic carbocycles. The van der Waals surface area contributed by atoms with E-state index in [0.29, 0.717) is 16.7 Å². The summed E-state index contributed by atoms with van der Waals surface area (Å²) in [6.07, 6.45) is 4.64. The number of ether oxygens (including phenoxy) is 1. The third-order valence-electron chi connectivity index (χ3n) is 4.70. The molecule has 0 amide bonds. The van der Waals surface area contributed by atoms with Gasteiger partial charge in [-0.25, -0.2) is 0 Å². The van der Waals surface area contributed by atoms with Crippen LogP contribution in [0.4, 0.5) is 5.69 Å². The van der Waals surface area contributed by atoms with E-state index in [1.54, 1.807) is 23.1 Å². The van der Waals surface area contributed by atoms with Crippen LogP contribution < -0.4 is 10.1 Å². The molecule has 1 aliphatic rings. The number of benzene rings is 1. The fraction of sp³-hybridized carbons (Fsp3) is 0.381. The first-order valence-electron chi connectivity index (χ1n) is 9.70. The zero-order valence-corrected chi connectivity index (χ0v) is 17.8. The van der Waals surface area contributed by atoms with E-state index in [1.165, 1.54) is 31.2 Å². The van der Waals surface area contributed by atoms with E-state index < -0.39 is 0 Å². The molecule has 0 saturated heterocycles. The highest BCUT2D eigenvalue weighted by molar-refractivity contribution is 7.99. The van der Waals surface area contributed by atoms with E-state index in [2.05, 4.69) is 40.8 Å². The minimum absolute atomic E-state index is 0.290. The Kier molecular flexibility index (Phi) is 6.12. The number of nitrogens with zero attached hydrogens (tertiary/aromatic N) is 3. The Balaban J connectivity index is 1.63. The number of thiophene rings is 1. The summed E-state index contributed by atoms with van der Waals surface area (Å²) in [4.78, 5) is 5.86. The van der Waals surface area contributed by atoms with Crippen LogP contribution in [-0.4, -0.2) is 20.9 Å². The second-order valence-corrected chi connectivity index (χ2v) is 8.82. The van der Waals surface area contributed by atoms with Gasteiger partial charge in [0.15, 0.2) is 5.69 Å². The van der Waals surface area contributed by atoms with Crippen LogP contribution >= 0.6 is 23.1 Å². The van der Waals surface area contributed by atoms with Crippen molar-refractivity contribution >= 4 is 28.8 Å². The lowest BCUT2D eigenvalue weighted by Crippen LogP contribution is -2.16. The molecule has 0 spiro atoms. The molecule has 0 aliphatic carbocycles. The number of hydrogen-bond acceptors (Lipinski definition) is 7. The first-order valence-corrected chi connectivity index (χ1v) is 11.6. The van der Waals surface area contributed by atoms with Crippen LogP contribution in [0.5, 0.6) is 5.88 Å². The van der Waals surface area contributed by atoms with Crippen LogP contribution in [0.2, 0.25) is 0 Å². The van der Waals surface area contributed by atoms with Crippen molar-refractivity contribution in [3.63, 3.8) is 0 Å². The number of hydrogen-bond donors (Lipinski definition) is 1. The van der Waals surface area contributed by atoms with Crippen molar-refractivity contribution in [2.45, 2.75) is 50.9 Å². The van der Waals surface area contributed by atoms with Crippen LogP contribution in [0.15, 0.2) is 40.9 Å². The summed E-state index contributed by atoms with van der Waals surface area (Å²) in [6, 6.07) is 10.2. The van der Waals surface area contributed by atoms with Gasteiger partial charge >= 0.3 is 0 Å². The molecule has 7 heteroatoms. The molecule has 0 unspecified atom stereocenters. The van der Waals surface area contributed by atoms with Gasteiger partial charge in [-0.1, -0.05) is 56.1 Å². The Bertz CT molecular complexity index is 944. The molecular weight excluding hydrogens is 388 g/mol. The van der Waals surface area contributed by atoms with Crippen molar-refractivity contribution in [3.8, 4) is 17.1 Å². The Morgan fingerprint density at radius 1 is 1.14 bits per heavy atom. The molecule has 3 heterocycles. The van der Waals surface area contributed by atoms with Gasteiger partial charge in [0.25, 0.3) is 0 Å². The number of rotatable bonds is 7. The highest BCUT2D eigenvalue weighted by Gasteiger charge is 2.27. The Morgan fingerprint density at radius 3 is 2.86 bits per heavy atom. The Hall–Kier alpha value is -2.12. The molecule has 0 radical (unpaired) electrons. The maximum atomic E-state index is 6.32. The summed E-state index contributed by atoms with van der Waals surface area (Å²) in [5.41, 5.74) is 3.84. The number of anilines is 1. The molecule has 0 fully saturated rings. The zero-order valence-electron chi connectivity index (χ0n) is 16.1. The lowest BCUT2D eigenvalue weighted by molar-refractivity contribution is 0.228. The first kappa shape index (κ1) is 19.2. The Labute approximate surface area is 174 Å². The maximum absolute atomic E-state index is 6.32. The van der Waals surface area contributed by atoms with Crippen molar-refractivity contribution in [1.82, 2.24) is 15.2 Å². The minimum Gasteiger partial charge on any atom is -0.447 e. The molecule has 1 atom stereocenters. The highest BCUT2D eigenvalue weighted by Crippen LogP contribution is 2.40. The summed E-state index contributed by atoms with van der Waals surface area (Å²) < 4.78 is 6.32. The summed E-state index contributed by atoms with van der Waals surface area (Å²) in [7, 11) is 0. The number of aryl methyl sites for hydroxylation is 1. The number of fused-ring (bicyclic) bond motifs is 3. The van der Waals surface area contributed by atoms with Gasteiger partial charge in [0, 0.05) is 17.0 Å². The first-order chi connectivity index (χ1) is 13.8. The van der Waals surface area contributed by atoms with Gasteiger partial charge in [0.05, 0.1) is 4.88 Å². The van der Waals surface area contributed by atoms with Crippen LogP contribution in [0.25, 0.3) is 11.3 Å². The number of aromatic nitrogens is 3.